The number of hydrogen-bond acceptors (Lipinski definition) is 4. The summed E-state index contributed by atoms with van der Waals surface area (Å²) in [4.78, 5) is 34.7. The molecule has 4 aliphatic rings. The lowest BCUT2D eigenvalue weighted by Gasteiger charge is -2.35. The van der Waals surface area contributed by atoms with Crippen LogP contribution in [0, 0.1) is 5.41 Å². The van der Waals surface area contributed by atoms with E-state index in [9.17, 15) is 9.59 Å². The highest BCUT2D eigenvalue weighted by Crippen LogP contribution is 2.75. The van der Waals surface area contributed by atoms with Crippen molar-refractivity contribution in [2.75, 3.05) is 4.90 Å². The molecule has 1 saturated heterocycles. The number of nitrogens with one attached hydrogen (secondary N) is 2. The van der Waals surface area contributed by atoms with E-state index < -0.39 is 11.5 Å². The molecule has 1 aromatic heterocycles. The summed E-state index contributed by atoms with van der Waals surface area (Å²) in [6, 6.07) is 11.9. The highest BCUT2D eigenvalue weighted by Gasteiger charge is 2.87. The van der Waals surface area contributed by atoms with Gasteiger partial charge in [0.05, 0.1) is 5.41 Å². The molecule has 36 heavy (non-hydrogen) atoms. The Balaban J connectivity index is 1.41. The maximum Gasteiger partial charge on any atom is 0.248 e. The molecule has 1 aromatic carbocycles. The van der Waals surface area contributed by atoms with Crippen LogP contribution < -0.4 is 15.5 Å². The second-order valence-electron chi connectivity index (χ2n) is 12.5. The summed E-state index contributed by atoms with van der Waals surface area (Å²) in [5.41, 5.74) is 2.31. The van der Waals surface area contributed by atoms with Gasteiger partial charge < -0.3 is 10.6 Å². The zero-order chi connectivity index (χ0) is 25.1. The van der Waals surface area contributed by atoms with Gasteiger partial charge in [0.15, 0.2) is 0 Å². The largest absolute Gasteiger partial charge is 0.351 e. The Labute approximate surface area is 214 Å². The molecule has 6 nitrogen and oxygen atoms in total. The standard InChI is InChI=1S/C30H38N4O2/c1-28(2,3)21-11-13-23(14-12-21)34(27(36)29-16-15-24-30(29,19-29)33-24)25(20-8-7-17-31-18-20)26(35)32-22-9-5-4-6-10-22/h7-8,11-14,17-18,22,24-25,33H,4-6,9-10,15-16,19H2,1-3H3,(H,32,35). The minimum Gasteiger partial charge on any atom is -0.351 e. The molecule has 0 radical (unpaired) electrons. The third-order valence-corrected chi connectivity index (χ3v) is 9.21. The topological polar surface area (TPSA) is 84.2 Å². The van der Waals surface area contributed by atoms with Crippen LogP contribution in [-0.4, -0.2) is 34.4 Å². The van der Waals surface area contributed by atoms with Gasteiger partial charge in [0.25, 0.3) is 0 Å². The number of piperidine rings is 1. The van der Waals surface area contributed by atoms with Gasteiger partial charge >= 0.3 is 0 Å². The van der Waals surface area contributed by atoms with E-state index in [1.54, 1.807) is 17.3 Å². The number of pyridine rings is 1. The second-order valence-corrected chi connectivity index (χ2v) is 12.5. The molecule has 2 heterocycles. The normalized spacial score (nSPS) is 29.6. The summed E-state index contributed by atoms with van der Waals surface area (Å²) in [6.07, 6.45) is 11.8. The average molecular weight is 487 g/mol. The fourth-order valence-electron chi connectivity index (χ4n) is 6.96. The zero-order valence-corrected chi connectivity index (χ0v) is 21.7. The van der Waals surface area contributed by atoms with Gasteiger partial charge in [-0.25, -0.2) is 0 Å². The van der Waals surface area contributed by atoms with Crippen LogP contribution in [0.1, 0.15) is 89.3 Å². The van der Waals surface area contributed by atoms with Gasteiger partial charge in [0, 0.05) is 41.3 Å². The number of benzene rings is 1. The first-order valence-corrected chi connectivity index (χ1v) is 13.7. The first kappa shape index (κ1) is 23.7. The summed E-state index contributed by atoms with van der Waals surface area (Å²) in [6.45, 7) is 6.56. The second kappa shape index (κ2) is 8.41. The number of carbonyl (C=O) groups excluding carboxylic acids is 2. The Morgan fingerprint density at radius 3 is 2.39 bits per heavy atom. The lowest BCUT2D eigenvalue weighted by Crippen LogP contribution is -2.50. The van der Waals surface area contributed by atoms with E-state index in [0.29, 0.717) is 6.04 Å². The Bertz CT molecular complexity index is 1150. The number of hydrogen-bond donors (Lipinski definition) is 2. The minimum atomic E-state index is -0.751. The third kappa shape index (κ3) is 3.76. The van der Waals surface area contributed by atoms with Crippen molar-refractivity contribution in [1.29, 1.82) is 0 Å². The van der Waals surface area contributed by atoms with Crippen molar-refractivity contribution in [2.24, 2.45) is 5.41 Å². The van der Waals surface area contributed by atoms with Crippen molar-refractivity contribution in [2.45, 2.75) is 101 Å². The van der Waals surface area contributed by atoms with Crippen LogP contribution in [0.3, 0.4) is 0 Å². The number of amides is 2. The van der Waals surface area contributed by atoms with E-state index in [1.165, 1.54) is 12.0 Å². The first-order valence-electron chi connectivity index (χ1n) is 13.7. The van der Waals surface area contributed by atoms with Gasteiger partial charge in [-0.1, -0.05) is 58.2 Å². The number of nitrogens with zero attached hydrogens (tertiary/aromatic N) is 2. The van der Waals surface area contributed by atoms with Crippen LogP contribution in [0.25, 0.3) is 0 Å². The van der Waals surface area contributed by atoms with Gasteiger partial charge in [0.1, 0.15) is 6.04 Å². The highest BCUT2D eigenvalue weighted by atomic mass is 16.2. The average Bonchev–Trinajstić information content (AvgIpc) is 3.75. The molecule has 4 unspecified atom stereocenters. The molecule has 2 aromatic rings. The zero-order valence-electron chi connectivity index (χ0n) is 21.7. The molecule has 1 spiro atoms. The summed E-state index contributed by atoms with van der Waals surface area (Å²) >= 11 is 0. The van der Waals surface area contributed by atoms with Gasteiger partial charge in [-0.15, -0.1) is 0 Å². The number of carbonyl (C=O) groups is 2. The Kier molecular flexibility index (Phi) is 5.52. The Hall–Kier alpha value is -2.73. The molecular formula is C30H38N4O2. The summed E-state index contributed by atoms with van der Waals surface area (Å²) < 4.78 is 0. The molecule has 4 fully saturated rings. The fourth-order valence-corrected chi connectivity index (χ4v) is 6.96. The molecule has 0 bridgehead atoms. The molecule has 6 rings (SSSR count). The monoisotopic (exact) mass is 486 g/mol. The molecule has 3 saturated carbocycles. The smallest absolute Gasteiger partial charge is 0.248 e. The molecular weight excluding hydrogens is 448 g/mol. The number of rotatable bonds is 6. The molecule has 2 N–H and O–H groups in total. The summed E-state index contributed by atoms with van der Waals surface area (Å²) in [5, 5.41) is 6.91. The fraction of sp³-hybridized carbons (Fsp3) is 0.567. The molecule has 2 amide bonds. The van der Waals surface area contributed by atoms with Crippen molar-refractivity contribution >= 4 is 17.5 Å². The van der Waals surface area contributed by atoms with Crippen LogP contribution in [-0.2, 0) is 15.0 Å². The highest BCUT2D eigenvalue weighted by molar-refractivity contribution is 6.07. The van der Waals surface area contributed by atoms with Crippen LogP contribution >= 0.6 is 0 Å². The van der Waals surface area contributed by atoms with Gasteiger partial charge in [-0.2, -0.15) is 0 Å². The van der Waals surface area contributed by atoms with Crippen molar-refractivity contribution < 1.29 is 9.59 Å². The lowest BCUT2D eigenvalue weighted by atomic mass is 9.87. The summed E-state index contributed by atoms with van der Waals surface area (Å²) in [5.74, 6) is -0.0290. The van der Waals surface area contributed by atoms with E-state index in [2.05, 4.69) is 48.5 Å². The van der Waals surface area contributed by atoms with E-state index in [-0.39, 0.29) is 28.8 Å². The van der Waals surface area contributed by atoms with Crippen molar-refractivity contribution in [3.63, 3.8) is 0 Å². The van der Waals surface area contributed by atoms with Crippen LogP contribution in [0.5, 0.6) is 0 Å². The molecule has 6 heteroatoms. The van der Waals surface area contributed by atoms with E-state index >= 15 is 0 Å². The van der Waals surface area contributed by atoms with Crippen molar-refractivity contribution in [3.05, 3.63) is 59.9 Å². The SMILES string of the molecule is CC(C)(C)c1ccc(N(C(=O)C23CCC4NC42C3)C(C(=O)NC2CCCCC2)c2cccnc2)cc1. The third-order valence-electron chi connectivity index (χ3n) is 9.21. The van der Waals surface area contributed by atoms with Crippen LogP contribution in [0.2, 0.25) is 0 Å². The van der Waals surface area contributed by atoms with Gasteiger partial charge in [-0.05, 0) is 61.3 Å². The summed E-state index contributed by atoms with van der Waals surface area (Å²) in [7, 11) is 0. The minimum absolute atomic E-state index is 0.00429. The maximum atomic E-state index is 14.5. The van der Waals surface area contributed by atoms with Gasteiger partial charge in [0.2, 0.25) is 11.8 Å². The predicted octanol–water partition coefficient (Wildman–Crippen LogP) is 4.80. The lowest BCUT2D eigenvalue weighted by molar-refractivity contribution is -0.129. The predicted molar refractivity (Wildman–Crippen MR) is 141 cm³/mol. The number of aromatic nitrogens is 1. The Morgan fingerprint density at radius 1 is 1.08 bits per heavy atom. The van der Waals surface area contributed by atoms with E-state index in [1.807, 2.05) is 24.3 Å². The van der Waals surface area contributed by atoms with Crippen molar-refractivity contribution in [1.82, 2.24) is 15.6 Å². The van der Waals surface area contributed by atoms with E-state index in [0.717, 1.165) is 56.2 Å². The Morgan fingerprint density at radius 2 is 1.83 bits per heavy atom. The quantitative estimate of drug-likeness (QED) is 0.575. The number of anilines is 1. The first-order chi connectivity index (χ1) is 17.3. The molecule has 1 aliphatic heterocycles. The van der Waals surface area contributed by atoms with Crippen LogP contribution in [0.4, 0.5) is 5.69 Å². The van der Waals surface area contributed by atoms with Gasteiger partial charge in [-0.3, -0.25) is 19.5 Å². The molecule has 190 valence electrons. The van der Waals surface area contributed by atoms with Crippen LogP contribution in [0.15, 0.2) is 48.8 Å². The molecule has 3 aliphatic carbocycles. The maximum absolute atomic E-state index is 14.5. The van der Waals surface area contributed by atoms with E-state index in [4.69, 9.17) is 0 Å². The molecule has 4 atom stereocenters. The van der Waals surface area contributed by atoms with Crippen molar-refractivity contribution in [3.8, 4) is 0 Å².